The van der Waals surface area contributed by atoms with Crippen LogP contribution in [0, 0.1) is 13.8 Å². The molecule has 25 heavy (non-hydrogen) atoms. The third kappa shape index (κ3) is 3.03. The number of aryl methyl sites for hydroxylation is 3. The maximum absolute atomic E-state index is 12.9. The van der Waals surface area contributed by atoms with Gasteiger partial charge in [-0.1, -0.05) is 12.1 Å². The van der Waals surface area contributed by atoms with Crippen LogP contribution in [0.25, 0.3) is 0 Å². The van der Waals surface area contributed by atoms with E-state index < -0.39 is 0 Å². The van der Waals surface area contributed by atoms with Crippen molar-refractivity contribution in [2.45, 2.75) is 39.5 Å². The zero-order valence-electron chi connectivity index (χ0n) is 15.1. The minimum atomic E-state index is 0.0972. The van der Waals surface area contributed by atoms with Crippen LogP contribution in [0.4, 0.5) is 5.69 Å². The van der Waals surface area contributed by atoms with Crippen molar-refractivity contribution in [3.63, 3.8) is 0 Å². The molecule has 0 bridgehead atoms. The molecule has 1 aliphatic heterocycles. The molecule has 1 aliphatic carbocycles. The smallest absolute Gasteiger partial charge is 0.274 e. The lowest BCUT2D eigenvalue weighted by Crippen LogP contribution is -2.49. The van der Waals surface area contributed by atoms with Gasteiger partial charge in [-0.15, -0.1) is 0 Å². The van der Waals surface area contributed by atoms with E-state index in [1.165, 1.54) is 28.9 Å². The second-order valence-electron chi connectivity index (χ2n) is 7.31. The maximum atomic E-state index is 12.9. The molecular formula is C20H26N4O. The number of piperazine rings is 1. The number of aromatic amines is 1. The summed E-state index contributed by atoms with van der Waals surface area (Å²) in [4.78, 5) is 17.3. The van der Waals surface area contributed by atoms with Gasteiger partial charge in [-0.25, -0.2) is 0 Å². The van der Waals surface area contributed by atoms with Crippen molar-refractivity contribution in [1.82, 2.24) is 15.1 Å². The molecule has 0 saturated carbocycles. The number of anilines is 1. The van der Waals surface area contributed by atoms with E-state index in [0.717, 1.165) is 51.0 Å². The number of H-pyrrole nitrogens is 1. The molecule has 4 rings (SSSR count). The first kappa shape index (κ1) is 16.2. The van der Waals surface area contributed by atoms with Crippen molar-refractivity contribution in [3.05, 3.63) is 46.3 Å². The number of amides is 1. The van der Waals surface area contributed by atoms with Gasteiger partial charge >= 0.3 is 0 Å². The molecule has 2 heterocycles. The Morgan fingerprint density at radius 2 is 1.84 bits per heavy atom. The molecule has 2 aromatic rings. The number of rotatable bonds is 2. The number of nitrogens with one attached hydrogen (secondary N) is 1. The van der Waals surface area contributed by atoms with Crippen LogP contribution in [0.5, 0.6) is 0 Å². The summed E-state index contributed by atoms with van der Waals surface area (Å²) in [5, 5.41) is 7.43. The number of carbonyl (C=O) groups excluding carboxylic acids is 1. The summed E-state index contributed by atoms with van der Waals surface area (Å²) < 4.78 is 0. The number of carbonyl (C=O) groups is 1. The standard InChI is InChI=1S/C20H26N4O/c1-14-7-8-15(2)18(13-14)23-9-11-24(12-10-23)20(25)19-16-5-3-4-6-17(16)21-22-19/h7-8,13H,3-6,9-12H2,1-2H3,(H,21,22). The minimum Gasteiger partial charge on any atom is -0.368 e. The van der Waals surface area contributed by atoms with Crippen molar-refractivity contribution in [3.8, 4) is 0 Å². The molecule has 5 heteroatoms. The summed E-state index contributed by atoms with van der Waals surface area (Å²) >= 11 is 0. The highest BCUT2D eigenvalue weighted by molar-refractivity contribution is 5.94. The van der Waals surface area contributed by atoms with Crippen LogP contribution < -0.4 is 4.90 Å². The second kappa shape index (κ2) is 6.54. The number of fused-ring (bicyclic) bond motifs is 1. The van der Waals surface area contributed by atoms with Crippen LogP contribution in [0.15, 0.2) is 18.2 Å². The van der Waals surface area contributed by atoms with E-state index >= 15 is 0 Å². The zero-order valence-corrected chi connectivity index (χ0v) is 15.1. The van der Waals surface area contributed by atoms with E-state index in [9.17, 15) is 4.79 Å². The van der Waals surface area contributed by atoms with Crippen molar-refractivity contribution in [1.29, 1.82) is 0 Å². The van der Waals surface area contributed by atoms with Gasteiger partial charge in [0.25, 0.3) is 5.91 Å². The molecule has 132 valence electrons. The van der Waals surface area contributed by atoms with Crippen molar-refractivity contribution < 1.29 is 4.79 Å². The van der Waals surface area contributed by atoms with E-state index in [0.29, 0.717) is 5.69 Å². The van der Waals surface area contributed by atoms with Gasteiger partial charge in [-0.05, 0) is 56.7 Å². The SMILES string of the molecule is Cc1ccc(C)c(N2CCN(C(=O)c3n[nH]c4c3CCCC4)CC2)c1. The fourth-order valence-corrected chi connectivity index (χ4v) is 4.02. The number of hydrogen-bond acceptors (Lipinski definition) is 3. The Kier molecular flexibility index (Phi) is 4.24. The van der Waals surface area contributed by atoms with Crippen LogP contribution >= 0.6 is 0 Å². The predicted octanol–water partition coefficient (Wildman–Crippen LogP) is 2.87. The summed E-state index contributed by atoms with van der Waals surface area (Å²) in [6.45, 7) is 7.55. The molecule has 5 nitrogen and oxygen atoms in total. The molecule has 2 aliphatic rings. The molecule has 1 aromatic carbocycles. The van der Waals surface area contributed by atoms with Gasteiger partial charge in [0.05, 0.1) is 0 Å². The molecule has 1 aromatic heterocycles. The normalized spacial score (nSPS) is 17.5. The molecule has 0 atom stereocenters. The summed E-state index contributed by atoms with van der Waals surface area (Å²) in [6, 6.07) is 6.58. The molecular weight excluding hydrogens is 312 g/mol. The fourth-order valence-electron chi connectivity index (χ4n) is 4.02. The fraction of sp³-hybridized carbons (Fsp3) is 0.500. The predicted molar refractivity (Wildman–Crippen MR) is 99.3 cm³/mol. The van der Waals surface area contributed by atoms with Crippen LogP contribution in [-0.4, -0.2) is 47.2 Å². The summed E-state index contributed by atoms with van der Waals surface area (Å²) in [5.74, 6) is 0.0972. The third-order valence-electron chi connectivity index (χ3n) is 5.53. The Balaban J connectivity index is 1.46. The lowest BCUT2D eigenvalue weighted by atomic mass is 9.95. The van der Waals surface area contributed by atoms with Crippen molar-refractivity contribution in [2.75, 3.05) is 31.1 Å². The van der Waals surface area contributed by atoms with Crippen LogP contribution in [0.2, 0.25) is 0 Å². The van der Waals surface area contributed by atoms with Crippen molar-refractivity contribution >= 4 is 11.6 Å². The first-order valence-electron chi connectivity index (χ1n) is 9.31. The zero-order chi connectivity index (χ0) is 17.4. The Labute approximate surface area is 149 Å². The molecule has 0 spiro atoms. The van der Waals surface area contributed by atoms with Crippen LogP contribution in [-0.2, 0) is 12.8 Å². The number of benzene rings is 1. The van der Waals surface area contributed by atoms with E-state index in [1.807, 2.05) is 4.90 Å². The Hall–Kier alpha value is -2.30. The number of nitrogens with zero attached hydrogens (tertiary/aromatic N) is 3. The topological polar surface area (TPSA) is 52.2 Å². The van der Waals surface area contributed by atoms with Crippen molar-refractivity contribution in [2.24, 2.45) is 0 Å². The Morgan fingerprint density at radius 1 is 1.08 bits per heavy atom. The van der Waals surface area contributed by atoms with Crippen LogP contribution in [0.3, 0.4) is 0 Å². The van der Waals surface area contributed by atoms with E-state index in [4.69, 9.17) is 0 Å². The molecule has 1 fully saturated rings. The van der Waals surface area contributed by atoms with E-state index in [-0.39, 0.29) is 5.91 Å². The molecule has 1 N–H and O–H groups in total. The summed E-state index contributed by atoms with van der Waals surface area (Å²) in [6.07, 6.45) is 4.36. The molecule has 1 saturated heterocycles. The van der Waals surface area contributed by atoms with Gasteiger partial charge in [0.2, 0.25) is 0 Å². The first-order chi connectivity index (χ1) is 12.1. The largest absolute Gasteiger partial charge is 0.368 e. The summed E-state index contributed by atoms with van der Waals surface area (Å²) in [7, 11) is 0. The monoisotopic (exact) mass is 338 g/mol. The average molecular weight is 338 g/mol. The van der Waals surface area contributed by atoms with E-state index in [2.05, 4.69) is 47.1 Å². The van der Waals surface area contributed by atoms with Gasteiger partial charge < -0.3 is 9.80 Å². The number of aromatic nitrogens is 2. The minimum absolute atomic E-state index is 0.0972. The lowest BCUT2D eigenvalue weighted by Gasteiger charge is -2.36. The Bertz CT molecular complexity index is 787. The average Bonchev–Trinajstić information content (AvgIpc) is 3.07. The number of hydrogen-bond donors (Lipinski definition) is 1. The Morgan fingerprint density at radius 3 is 2.64 bits per heavy atom. The summed E-state index contributed by atoms with van der Waals surface area (Å²) in [5.41, 5.74) is 6.87. The van der Waals surface area contributed by atoms with Crippen LogP contribution in [0.1, 0.15) is 45.7 Å². The van der Waals surface area contributed by atoms with Gasteiger partial charge in [-0.3, -0.25) is 9.89 Å². The maximum Gasteiger partial charge on any atom is 0.274 e. The lowest BCUT2D eigenvalue weighted by molar-refractivity contribution is 0.0739. The van der Waals surface area contributed by atoms with Gasteiger partial charge in [-0.2, -0.15) is 5.10 Å². The van der Waals surface area contributed by atoms with E-state index in [1.54, 1.807) is 0 Å². The second-order valence-corrected chi connectivity index (χ2v) is 7.31. The highest BCUT2D eigenvalue weighted by atomic mass is 16.2. The highest BCUT2D eigenvalue weighted by Gasteiger charge is 2.28. The molecule has 0 unspecified atom stereocenters. The van der Waals surface area contributed by atoms with Gasteiger partial charge in [0.15, 0.2) is 5.69 Å². The highest BCUT2D eigenvalue weighted by Crippen LogP contribution is 2.25. The quantitative estimate of drug-likeness (QED) is 0.916. The van der Waals surface area contributed by atoms with Gasteiger partial charge in [0, 0.05) is 43.1 Å². The third-order valence-corrected chi connectivity index (χ3v) is 5.53. The molecule has 0 radical (unpaired) electrons. The van der Waals surface area contributed by atoms with Gasteiger partial charge in [0.1, 0.15) is 0 Å². The molecule has 1 amide bonds. The first-order valence-corrected chi connectivity index (χ1v) is 9.31.